The van der Waals surface area contributed by atoms with Crippen LogP contribution in [0.5, 0.6) is 0 Å². The zero-order valence-electron chi connectivity index (χ0n) is 10.7. The molecule has 0 spiro atoms. The van der Waals surface area contributed by atoms with E-state index in [0.717, 1.165) is 33.9 Å². The summed E-state index contributed by atoms with van der Waals surface area (Å²) in [4.78, 5) is 23.0. The van der Waals surface area contributed by atoms with Crippen molar-refractivity contribution >= 4 is 23.4 Å². The minimum Gasteiger partial charge on any atom is -0.334 e. The number of nitrogens with one attached hydrogen (secondary N) is 1. The first-order valence-electron chi connectivity index (χ1n) is 5.75. The molecular formula is C12H13N5O2S. The Labute approximate surface area is 119 Å². The molecule has 0 saturated heterocycles. The van der Waals surface area contributed by atoms with Crippen molar-refractivity contribution in [2.24, 2.45) is 0 Å². The number of amides is 1. The molecule has 7 nitrogen and oxygen atoms in total. The highest BCUT2D eigenvalue weighted by molar-refractivity contribution is 7.99. The number of aromatic nitrogens is 3. The number of nitrogen functional groups attached to an aromatic ring is 1. The van der Waals surface area contributed by atoms with Crippen LogP contribution in [0.15, 0.2) is 40.4 Å². The molecule has 2 aromatic rings. The van der Waals surface area contributed by atoms with Crippen molar-refractivity contribution in [3.05, 3.63) is 46.4 Å². The molecule has 0 unspecified atom stereocenters. The summed E-state index contributed by atoms with van der Waals surface area (Å²) in [7, 11) is 0. The first-order chi connectivity index (χ1) is 9.56. The first kappa shape index (κ1) is 14.1. The molecule has 0 radical (unpaired) electrons. The minimum atomic E-state index is -0.471. The standard InChI is InChI=1S/C12H13N5O2S/c1-8-3-2-4-9(5-8)15-10(18)7-20-12-16-14-6-11(19)17(12)13/h2-6H,7,13H2,1H3,(H,15,18). The molecule has 1 amide bonds. The molecule has 0 saturated carbocycles. The van der Waals surface area contributed by atoms with Gasteiger partial charge < -0.3 is 11.2 Å². The lowest BCUT2D eigenvalue weighted by molar-refractivity contribution is -0.113. The van der Waals surface area contributed by atoms with E-state index in [2.05, 4.69) is 15.5 Å². The Bertz CT molecular complexity index is 686. The second kappa shape index (κ2) is 6.20. The molecule has 0 aliphatic carbocycles. The summed E-state index contributed by atoms with van der Waals surface area (Å²) in [5.74, 6) is 5.37. The molecule has 0 fully saturated rings. The fraction of sp³-hybridized carbons (Fsp3) is 0.167. The molecule has 0 aliphatic heterocycles. The molecule has 1 aromatic carbocycles. The number of hydrogen-bond donors (Lipinski definition) is 2. The van der Waals surface area contributed by atoms with E-state index in [1.165, 1.54) is 0 Å². The Morgan fingerprint density at radius 3 is 3.05 bits per heavy atom. The Morgan fingerprint density at radius 1 is 1.50 bits per heavy atom. The van der Waals surface area contributed by atoms with Crippen LogP contribution < -0.4 is 16.7 Å². The third-order valence-electron chi connectivity index (χ3n) is 2.39. The third kappa shape index (κ3) is 3.58. The first-order valence-corrected chi connectivity index (χ1v) is 6.74. The Hall–Kier alpha value is -2.35. The van der Waals surface area contributed by atoms with Gasteiger partial charge >= 0.3 is 0 Å². The molecule has 8 heteroatoms. The summed E-state index contributed by atoms with van der Waals surface area (Å²) >= 11 is 1.05. The number of rotatable bonds is 4. The van der Waals surface area contributed by atoms with Gasteiger partial charge in [0.25, 0.3) is 5.56 Å². The SMILES string of the molecule is Cc1cccc(NC(=O)CSc2nncc(=O)n2N)c1. The number of benzene rings is 1. The van der Waals surface area contributed by atoms with E-state index >= 15 is 0 Å². The van der Waals surface area contributed by atoms with E-state index in [1.54, 1.807) is 6.07 Å². The molecule has 1 aromatic heterocycles. The molecule has 0 bridgehead atoms. The number of carbonyl (C=O) groups is 1. The van der Waals surface area contributed by atoms with Gasteiger partial charge in [-0.05, 0) is 24.6 Å². The lowest BCUT2D eigenvalue weighted by Crippen LogP contribution is -2.30. The lowest BCUT2D eigenvalue weighted by Gasteiger charge is -2.06. The highest BCUT2D eigenvalue weighted by Crippen LogP contribution is 2.13. The monoisotopic (exact) mass is 291 g/mol. The molecule has 2 rings (SSSR count). The smallest absolute Gasteiger partial charge is 0.291 e. The van der Waals surface area contributed by atoms with Crippen LogP contribution in [0.4, 0.5) is 5.69 Å². The van der Waals surface area contributed by atoms with Crippen LogP contribution >= 0.6 is 11.8 Å². The molecule has 0 aliphatic rings. The molecular weight excluding hydrogens is 278 g/mol. The van der Waals surface area contributed by atoms with E-state index in [1.807, 2.05) is 25.1 Å². The summed E-state index contributed by atoms with van der Waals surface area (Å²) in [5.41, 5.74) is 1.31. The van der Waals surface area contributed by atoms with Crippen LogP contribution in [0.2, 0.25) is 0 Å². The Morgan fingerprint density at radius 2 is 2.30 bits per heavy atom. The predicted octanol–water partition coefficient (Wildman–Crippen LogP) is 0.391. The lowest BCUT2D eigenvalue weighted by atomic mass is 10.2. The number of nitrogens with zero attached hydrogens (tertiary/aromatic N) is 3. The summed E-state index contributed by atoms with van der Waals surface area (Å²) < 4.78 is 0.859. The summed E-state index contributed by atoms with van der Waals surface area (Å²) in [6.45, 7) is 1.94. The average Bonchev–Trinajstić information content (AvgIpc) is 2.40. The van der Waals surface area contributed by atoms with Gasteiger partial charge in [-0.1, -0.05) is 23.9 Å². The third-order valence-corrected chi connectivity index (χ3v) is 3.33. The zero-order valence-corrected chi connectivity index (χ0v) is 11.6. The van der Waals surface area contributed by atoms with Crippen LogP contribution in [0, 0.1) is 6.92 Å². The van der Waals surface area contributed by atoms with Gasteiger partial charge in [0.15, 0.2) is 0 Å². The van der Waals surface area contributed by atoms with Crippen LogP contribution in [0.1, 0.15) is 5.56 Å². The van der Waals surface area contributed by atoms with E-state index in [4.69, 9.17) is 5.84 Å². The second-order valence-corrected chi connectivity index (χ2v) is 4.98. The van der Waals surface area contributed by atoms with Gasteiger partial charge in [-0.2, -0.15) is 9.77 Å². The summed E-state index contributed by atoms with van der Waals surface area (Å²) in [6.07, 6.45) is 1.01. The van der Waals surface area contributed by atoms with Crippen molar-refractivity contribution in [3.63, 3.8) is 0 Å². The molecule has 1 heterocycles. The van der Waals surface area contributed by atoms with Crippen molar-refractivity contribution in [2.75, 3.05) is 16.9 Å². The van der Waals surface area contributed by atoms with Crippen molar-refractivity contribution in [1.82, 2.24) is 14.9 Å². The van der Waals surface area contributed by atoms with Crippen molar-refractivity contribution in [1.29, 1.82) is 0 Å². The minimum absolute atomic E-state index is 0.0866. The van der Waals surface area contributed by atoms with E-state index in [9.17, 15) is 9.59 Å². The number of carbonyl (C=O) groups excluding carboxylic acids is 1. The number of hydrogen-bond acceptors (Lipinski definition) is 6. The fourth-order valence-electron chi connectivity index (χ4n) is 1.48. The van der Waals surface area contributed by atoms with Crippen molar-refractivity contribution in [3.8, 4) is 0 Å². The second-order valence-electron chi connectivity index (χ2n) is 4.04. The van der Waals surface area contributed by atoms with Gasteiger partial charge in [-0.3, -0.25) is 9.59 Å². The van der Waals surface area contributed by atoms with Gasteiger partial charge in [-0.15, -0.1) is 5.10 Å². The maximum absolute atomic E-state index is 11.8. The average molecular weight is 291 g/mol. The van der Waals surface area contributed by atoms with Crippen LogP contribution in [-0.2, 0) is 4.79 Å². The highest BCUT2D eigenvalue weighted by atomic mass is 32.2. The van der Waals surface area contributed by atoms with Gasteiger partial charge in [0.05, 0.1) is 5.75 Å². The predicted molar refractivity (Wildman–Crippen MR) is 77.0 cm³/mol. The highest BCUT2D eigenvalue weighted by Gasteiger charge is 2.08. The van der Waals surface area contributed by atoms with Gasteiger partial charge in [0.1, 0.15) is 6.20 Å². The number of thioether (sulfide) groups is 1. The van der Waals surface area contributed by atoms with Crippen LogP contribution in [0.3, 0.4) is 0 Å². The van der Waals surface area contributed by atoms with Gasteiger partial charge in [0, 0.05) is 5.69 Å². The largest absolute Gasteiger partial charge is 0.334 e. The topological polar surface area (TPSA) is 103 Å². The Balaban J connectivity index is 1.96. The normalized spacial score (nSPS) is 10.2. The molecule has 3 N–H and O–H groups in total. The van der Waals surface area contributed by atoms with E-state index in [-0.39, 0.29) is 16.8 Å². The van der Waals surface area contributed by atoms with E-state index in [0.29, 0.717) is 0 Å². The Kier molecular flexibility index (Phi) is 4.36. The van der Waals surface area contributed by atoms with Gasteiger partial charge in [0.2, 0.25) is 11.1 Å². The zero-order chi connectivity index (χ0) is 14.5. The number of aryl methyl sites for hydroxylation is 1. The van der Waals surface area contributed by atoms with Crippen molar-refractivity contribution in [2.45, 2.75) is 12.1 Å². The quantitative estimate of drug-likeness (QED) is 0.624. The molecule has 104 valence electrons. The van der Waals surface area contributed by atoms with E-state index < -0.39 is 5.56 Å². The van der Waals surface area contributed by atoms with Crippen LogP contribution in [0.25, 0.3) is 0 Å². The van der Waals surface area contributed by atoms with Crippen LogP contribution in [-0.4, -0.2) is 26.5 Å². The summed E-state index contributed by atoms with van der Waals surface area (Å²) in [6, 6.07) is 7.47. The number of nitrogens with two attached hydrogens (primary N) is 1. The molecule has 0 atom stereocenters. The van der Waals surface area contributed by atoms with Gasteiger partial charge in [-0.25, -0.2) is 0 Å². The number of anilines is 1. The fourth-order valence-corrected chi connectivity index (χ4v) is 2.15. The maximum Gasteiger partial charge on any atom is 0.291 e. The molecule has 20 heavy (non-hydrogen) atoms. The van der Waals surface area contributed by atoms with Crippen molar-refractivity contribution < 1.29 is 4.79 Å². The maximum atomic E-state index is 11.8. The summed E-state index contributed by atoms with van der Waals surface area (Å²) in [5, 5.41) is 10.1.